The minimum Gasteiger partial charge on any atom is -0.394 e. The van der Waals surface area contributed by atoms with Gasteiger partial charge in [-0.1, -0.05) is 0 Å². The first-order valence-electron chi connectivity index (χ1n) is 5.69. The second-order valence-corrected chi connectivity index (χ2v) is 4.33. The van der Waals surface area contributed by atoms with Crippen molar-refractivity contribution in [1.82, 2.24) is 0 Å². The molecule has 0 radical (unpaired) electrons. The van der Waals surface area contributed by atoms with Crippen LogP contribution in [-0.4, -0.2) is 30.6 Å². The zero-order chi connectivity index (χ0) is 11.5. The largest absolute Gasteiger partial charge is 0.394 e. The monoisotopic (exact) mass is 219 g/mol. The maximum Gasteiger partial charge on any atom is 0.150 e. The van der Waals surface area contributed by atoms with Crippen molar-refractivity contribution >= 4 is 12.0 Å². The Hall–Kier alpha value is -1.35. The van der Waals surface area contributed by atoms with Gasteiger partial charge in [0, 0.05) is 17.8 Å². The number of aldehydes is 1. The van der Waals surface area contributed by atoms with Crippen molar-refractivity contribution in [2.24, 2.45) is 0 Å². The molecule has 86 valence electrons. The number of carbonyl (C=O) groups excluding carboxylic acids is 1. The van der Waals surface area contributed by atoms with E-state index in [4.69, 9.17) is 0 Å². The fourth-order valence-corrected chi connectivity index (χ4v) is 2.34. The third-order valence-corrected chi connectivity index (χ3v) is 3.30. The van der Waals surface area contributed by atoms with Crippen LogP contribution < -0.4 is 4.90 Å². The maximum absolute atomic E-state index is 10.7. The second-order valence-electron chi connectivity index (χ2n) is 4.33. The molecule has 3 nitrogen and oxygen atoms in total. The maximum atomic E-state index is 10.7. The molecule has 1 heterocycles. The Morgan fingerprint density at radius 2 is 2.38 bits per heavy atom. The van der Waals surface area contributed by atoms with Crippen molar-refractivity contribution in [3.8, 4) is 0 Å². The Kier molecular flexibility index (Phi) is 3.25. The van der Waals surface area contributed by atoms with E-state index in [1.165, 1.54) is 0 Å². The highest BCUT2D eigenvalue weighted by atomic mass is 16.3. The lowest BCUT2D eigenvalue weighted by atomic mass is 10.1. The molecule has 1 atom stereocenters. The number of aliphatic hydroxyl groups excluding tert-OH is 1. The fourth-order valence-electron chi connectivity index (χ4n) is 2.34. The highest BCUT2D eigenvalue weighted by molar-refractivity contribution is 5.78. The molecule has 0 aliphatic carbocycles. The molecule has 1 fully saturated rings. The lowest BCUT2D eigenvalue weighted by molar-refractivity contribution is 0.112. The first-order chi connectivity index (χ1) is 7.76. The molecule has 0 spiro atoms. The van der Waals surface area contributed by atoms with Crippen molar-refractivity contribution in [1.29, 1.82) is 0 Å². The van der Waals surface area contributed by atoms with Gasteiger partial charge in [-0.25, -0.2) is 0 Å². The van der Waals surface area contributed by atoms with Gasteiger partial charge < -0.3 is 10.0 Å². The van der Waals surface area contributed by atoms with E-state index in [9.17, 15) is 9.90 Å². The molecule has 1 aliphatic rings. The molecule has 1 aromatic rings. The van der Waals surface area contributed by atoms with Crippen molar-refractivity contribution in [2.75, 3.05) is 18.1 Å². The van der Waals surface area contributed by atoms with Crippen LogP contribution in [0.1, 0.15) is 28.8 Å². The predicted molar refractivity (Wildman–Crippen MR) is 64.0 cm³/mol. The molecule has 2 rings (SSSR count). The van der Waals surface area contributed by atoms with Crippen LogP contribution >= 0.6 is 0 Å². The number of benzene rings is 1. The van der Waals surface area contributed by atoms with Crippen molar-refractivity contribution in [2.45, 2.75) is 25.8 Å². The van der Waals surface area contributed by atoms with Crippen LogP contribution in [0, 0.1) is 6.92 Å². The molecule has 1 aromatic carbocycles. The number of hydrogen-bond donors (Lipinski definition) is 1. The van der Waals surface area contributed by atoms with Gasteiger partial charge in [0.2, 0.25) is 0 Å². The van der Waals surface area contributed by atoms with Gasteiger partial charge in [0.1, 0.15) is 6.29 Å². The minimum atomic E-state index is 0.203. The summed E-state index contributed by atoms with van der Waals surface area (Å²) in [5.74, 6) is 0. The number of anilines is 1. The molecule has 0 saturated carbocycles. The quantitative estimate of drug-likeness (QED) is 0.788. The molecular formula is C13H17NO2. The Morgan fingerprint density at radius 1 is 1.56 bits per heavy atom. The smallest absolute Gasteiger partial charge is 0.150 e. The van der Waals surface area contributed by atoms with E-state index in [1.54, 1.807) is 0 Å². The van der Waals surface area contributed by atoms with Gasteiger partial charge in [-0.15, -0.1) is 0 Å². The first-order valence-corrected chi connectivity index (χ1v) is 5.69. The van der Waals surface area contributed by atoms with Gasteiger partial charge in [0.15, 0.2) is 0 Å². The standard InChI is InChI=1S/C13H17NO2/c1-10-7-12(5-4-11(10)8-15)14-6-2-3-13(14)9-16/h4-5,7-8,13,16H,2-3,6,9H2,1H3. The summed E-state index contributed by atoms with van der Waals surface area (Å²) in [6.45, 7) is 3.14. The molecule has 0 amide bonds. The molecule has 3 heteroatoms. The SMILES string of the molecule is Cc1cc(N2CCCC2CO)ccc1C=O. The number of hydrogen-bond acceptors (Lipinski definition) is 3. The summed E-state index contributed by atoms with van der Waals surface area (Å²) >= 11 is 0. The summed E-state index contributed by atoms with van der Waals surface area (Å²) in [7, 11) is 0. The van der Waals surface area contributed by atoms with Gasteiger partial charge in [0.25, 0.3) is 0 Å². The molecule has 0 bridgehead atoms. The van der Waals surface area contributed by atoms with E-state index in [0.717, 1.165) is 42.5 Å². The summed E-state index contributed by atoms with van der Waals surface area (Å²) in [6, 6.07) is 6.08. The van der Waals surface area contributed by atoms with Crippen LogP contribution in [0.25, 0.3) is 0 Å². The van der Waals surface area contributed by atoms with Crippen LogP contribution in [0.2, 0.25) is 0 Å². The van der Waals surface area contributed by atoms with Gasteiger partial charge >= 0.3 is 0 Å². The Morgan fingerprint density at radius 3 is 3.00 bits per heavy atom. The topological polar surface area (TPSA) is 40.5 Å². The van der Waals surface area contributed by atoms with Crippen LogP contribution in [0.4, 0.5) is 5.69 Å². The third-order valence-electron chi connectivity index (χ3n) is 3.30. The van der Waals surface area contributed by atoms with E-state index in [-0.39, 0.29) is 12.6 Å². The van der Waals surface area contributed by atoms with E-state index < -0.39 is 0 Å². The summed E-state index contributed by atoms with van der Waals surface area (Å²) in [5, 5.41) is 9.27. The van der Waals surface area contributed by atoms with Gasteiger partial charge in [-0.05, 0) is 43.5 Å². The van der Waals surface area contributed by atoms with E-state index in [2.05, 4.69) is 4.90 Å². The molecule has 1 saturated heterocycles. The fraction of sp³-hybridized carbons (Fsp3) is 0.462. The van der Waals surface area contributed by atoms with Crippen molar-refractivity contribution in [3.05, 3.63) is 29.3 Å². The van der Waals surface area contributed by atoms with E-state index in [0.29, 0.717) is 0 Å². The average molecular weight is 219 g/mol. The lowest BCUT2D eigenvalue weighted by Crippen LogP contribution is -2.32. The number of rotatable bonds is 3. The number of aliphatic hydroxyl groups is 1. The Labute approximate surface area is 95.7 Å². The number of carbonyl (C=O) groups is 1. The molecular weight excluding hydrogens is 202 g/mol. The summed E-state index contributed by atoms with van der Waals surface area (Å²) in [6.07, 6.45) is 3.05. The summed E-state index contributed by atoms with van der Waals surface area (Å²) in [5.41, 5.74) is 2.85. The summed E-state index contributed by atoms with van der Waals surface area (Å²) in [4.78, 5) is 13.0. The minimum absolute atomic E-state index is 0.203. The van der Waals surface area contributed by atoms with Crippen LogP contribution in [0.3, 0.4) is 0 Å². The molecule has 1 unspecified atom stereocenters. The third kappa shape index (κ3) is 1.95. The average Bonchev–Trinajstić information content (AvgIpc) is 2.77. The predicted octanol–water partition coefficient (Wildman–Crippen LogP) is 1.77. The Bertz CT molecular complexity index is 390. The van der Waals surface area contributed by atoms with Crippen molar-refractivity contribution in [3.63, 3.8) is 0 Å². The van der Waals surface area contributed by atoms with E-state index in [1.807, 2.05) is 25.1 Å². The molecule has 16 heavy (non-hydrogen) atoms. The number of nitrogens with zero attached hydrogens (tertiary/aromatic N) is 1. The second kappa shape index (κ2) is 4.66. The summed E-state index contributed by atoms with van der Waals surface area (Å²) < 4.78 is 0. The van der Waals surface area contributed by atoms with Gasteiger partial charge in [-0.3, -0.25) is 4.79 Å². The van der Waals surface area contributed by atoms with Crippen LogP contribution in [0.5, 0.6) is 0 Å². The normalized spacial score (nSPS) is 20.1. The highest BCUT2D eigenvalue weighted by Crippen LogP contribution is 2.26. The van der Waals surface area contributed by atoms with Gasteiger partial charge in [0.05, 0.1) is 12.6 Å². The highest BCUT2D eigenvalue weighted by Gasteiger charge is 2.23. The zero-order valence-electron chi connectivity index (χ0n) is 9.52. The van der Waals surface area contributed by atoms with E-state index >= 15 is 0 Å². The van der Waals surface area contributed by atoms with Crippen LogP contribution in [0.15, 0.2) is 18.2 Å². The lowest BCUT2D eigenvalue weighted by Gasteiger charge is -2.25. The molecule has 1 aliphatic heterocycles. The molecule has 0 aromatic heterocycles. The Balaban J connectivity index is 2.27. The van der Waals surface area contributed by atoms with Crippen LogP contribution in [-0.2, 0) is 0 Å². The molecule has 1 N–H and O–H groups in total. The van der Waals surface area contributed by atoms with Gasteiger partial charge in [-0.2, -0.15) is 0 Å². The first kappa shape index (κ1) is 11.1. The zero-order valence-corrected chi connectivity index (χ0v) is 9.52. The number of aryl methyl sites for hydroxylation is 1. The van der Waals surface area contributed by atoms with Crippen molar-refractivity contribution < 1.29 is 9.90 Å².